The van der Waals surface area contributed by atoms with Crippen LogP contribution in [0.25, 0.3) is 5.69 Å². The van der Waals surface area contributed by atoms with E-state index in [1.807, 2.05) is 55.5 Å². The first-order valence-corrected chi connectivity index (χ1v) is 11.6. The third kappa shape index (κ3) is 5.67. The average molecular weight is 484 g/mol. The van der Waals surface area contributed by atoms with Crippen molar-refractivity contribution in [2.24, 2.45) is 5.73 Å². The monoisotopic (exact) mass is 483 g/mol. The highest BCUT2D eigenvalue weighted by atomic mass is 16.3. The number of aromatic nitrogens is 3. The maximum absolute atomic E-state index is 12.7. The van der Waals surface area contributed by atoms with Crippen molar-refractivity contribution in [3.63, 3.8) is 0 Å². The predicted octanol–water partition coefficient (Wildman–Crippen LogP) is 3.51. The van der Waals surface area contributed by atoms with Gasteiger partial charge in [0.2, 0.25) is 0 Å². The fourth-order valence-corrected chi connectivity index (χ4v) is 4.05. The number of amides is 2. The lowest BCUT2D eigenvalue weighted by molar-refractivity contribution is 0.0344. The molecule has 0 saturated heterocycles. The van der Waals surface area contributed by atoms with Crippen LogP contribution in [-0.4, -0.2) is 37.3 Å². The minimum absolute atomic E-state index is 0.234. The molecule has 2 heterocycles. The third-order valence-corrected chi connectivity index (χ3v) is 5.95. The molecule has 4 aromatic rings. The number of aryl methyl sites for hydroxylation is 1. The van der Waals surface area contributed by atoms with Crippen LogP contribution in [-0.2, 0) is 6.42 Å². The Labute approximate surface area is 209 Å². The molecule has 184 valence electrons. The second-order valence-corrected chi connectivity index (χ2v) is 9.33. The van der Waals surface area contributed by atoms with Gasteiger partial charge in [-0.05, 0) is 74.2 Å². The number of carbonyl (C=O) groups excluding carboxylic acids is 2. The second kappa shape index (κ2) is 10.1. The standard InChI is InChI=1S/C28H29N5O3/c1-18-15-24(26(29)34)32-33(18)23-12-8-20(9-13-23)16-19-6-10-21(11-7-19)25(28(2,3)36)31-27(35)22-5-4-14-30-17-22/h4-15,17,25,36H,16H2,1-3H3,(H2,29,34)(H,31,35). The van der Waals surface area contributed by atoms with E-state index >= 15 is 0 Å². The lowest BCUT2D eigenvalue weighted by Gasteiger charge is -2.30. The smallest absolute Gasteiger partial charge is 0.269 e. The second-order valence-electron chi connectivity index (χ2n) is 9.33. The van der Waals surface area contributed by atoms with Gasteiger partial charge in [-0.25, -0.2) is 4.68 Å². The zero-order valence-electron chi connectivity index (χ0n) is 20.5. The summed E-state index contributed by atoms with van der Waals surface area (Å²) in [6.07, 6.45) is 3.81. The summed E-state index contributed by atoms with van der Waals surface area (Å²) in [7, 11) is 0. The minimum atomic E-state index is -1.17. The summed E-state index contributed by atoms with van der Waals surface area (Å²) in [5, 5.41) is 17.9. The molecule has 0 aliphatic rings. The van der Waals surface area contributed by atoms with Crippen LogP contribution in [0.3, 0.4) is 0 Å². The summed E-state index contributed by atoms with van der Waals surface area (Å²) in [5.74, 6) is -0.852. The Morgan fingerprint density at radius 3 is 2.22 bits per heavy atom. The summed E-state index contributed by atoms with van der Waals surface area (Å²) < 4.78 is 1.69. The van der Waals surface area contributed by atoms with Gasteiger partial charge in [-0.15, -0.1) is 0 Å². The molecule has 0 saturated carbocycles. The van der Waals surface area contributed by atoms with Crippen molar-refractivity contribution in [3.05, 3.63) is 113 Å². The first-order chi connectivity index (χ1) is 17.1. The molecule has 2 aromatic heterocycles. The Bertz CT molecular complexity index is 1360. The van der Waals surface area contributed by atoms with E-state index in [9.17, 15) is 14.7 Å². The molecule has 0 aliphatic heterocycles. The number of nitrogens with one attached hydrogen (secondary N) is 1. The Balaban J connectivity index is 1.47. The van der Waals surface area contributed by atoms with Gasteiger partial charge in [-0.2, -0.15) is 5.10 Å². The van der Waals surface area contributed by atoms with Gasteiger partial charge in [0.15, 0.2) is 5.69 Å². The molecule has 4 N–H and O–H groups in total. The van der Waals surface area contributed by atoms with Crippen molar-refractivity contribution in [3.8, 4) is 5.69 Å². The zero-order chi connectivity index (χ0) is 25.9. The number of primary amides is 1. The minimum Gasteiger partial charge on any atom is -0.388 e. The van der Waals surface area contributed by atoms with E-state index in [2.05, 4.69) is 15.4 Å². The maximum Gasteiger partial charge on any atom is 0.269 e. The number of rotatable bonds is 8. The van der Waals surface area contributed by atoms with Crippen LogP contribution in [0.2, 0.25) is 0 Å². The van der Waals surface area contributed by atoms with E-state index in [0.717, 1.165) is 28.1 Å². The number of nitrogens with two attached hydrogens (primary N) is 1. The molecule has 0 radical (unpaired) electrons. The van der Waals surface area contributed by atoms with Crippen molar-refractivity contribution >= 4 is 11.8 Å². The van der Waals surface area contributed by atoms with Gasteiger partial charge in [0.1, 0.15) is 0 Å². The van der Waals surface area contributed by atoms with E-state index in [1.54, 1.807) is 42.9 Å². The fraction of sp³-hybridized carbons (Fsp3) is 0.214. The number of benzene rings is 2. The van der Waals surface area contributed by atoms with Crippen molar-refractivity contribution in [2.75, 3.05) is 0 Å². The van der Waals surface area contributed by atoms with Crippen molar-refractivity contribution in [1.82, 2.24) is 20.1 Å². The van der Waals surface area contributed by atoms with Crippen molar-refractivity contribution < 1.29 is 14.7 Å². The highest BCUT2D eigenvalue weighted by Crippen LogP contribution is 2.27. The van der Waals surface area contributed by atoms with Gasteiger partial charge in [0, 0.05) is 18.1 Å². The number of aliphatic hydroxyl groups is 1. The molecule has 0 bridgehead atoms. The number of hydrogen-bond donors (Lipinski definition) is 3. The van der Waals surface area contributed by atoms with Crippen LogP contribution in [0.1, 0.15) is 63.1 Å². The van der Waals surface area contributed by atoms with E-state index in [-0.39, 0.29) is 11.6 Å². The van der Waals surface area contributed by atoms with E-state index in [0.29, 0.717) is 12.0 Å². The highest BCUT2D eigenvalue weighted by molar-refractivity contribution is 5.94. The van der Waals surface area contributed by atoms with Gasteiger partial charge >= 0.3 is 0 Å². The molecule has 0 spiro atoms. The molecular weight excluding hydrogens is 454 g/mol. The predicted molar refractivity (Wildman–Crippen MR) is 137 cm³/mol. The first-order valence-electron chi connectivity index (χ1n) is 11.6. The molecule has 8 nitrogen and oxygen atoms in total. The number of nitrogens with zero attached hydrogens (tertiary/aromatic N) is 3. The largest absolute Gasteiger partial charge is 0.388 e. The van der Waals surface area contributed by atoms with Crippen LogP contribution in [0, 0.1) is 6.92 Å². The Kier molecular flexibility index (Phi) is 6.98. The zero-order valence-corrected chi connectivity index (χ0v) is 20.5. The van der Waals surface area contributed by atoms with E-state index < -0.39 is 17.6 Å². The van der Waals surface area contributed by atoms with E-state index in [1.165, 1.54) is 6.20 Å². The molecule has 2 aromatic carbocycles. The van der Waals surface area contributed by atoms with Crippen molar-refractivity contribution in [2.45, 2.75) is 38.8 Å². The molecule has 2 amide bonds. The van der Waals surface area contributed by atoms with Crippen LogP contribution < -0.4 is 11.1 Å². The van der Waals surface area contributed by atoms with Crippen LogP contribution in [0.15, 0.2) is 79.1 Å². The van der Waals surface area contributed by atoms with Crippen LogP contribution in [0.5, 0.6) is 0 Å². The molecular formula is C28H29N5O3. The number of carbonyl (C=O) groups is 2. The fourth-order valence-electron chi connectivity index (χ4n) is 4.05. The SMILES string of the molecule is Cc1cc(C(N)=O)nn1-c1ccc(Cc2ccc(C(NC(=O)c3cccnc3)C(C)(C)O)cc2)cc1. The Morgan fingerprint density at radius 2 is 1.69 bits per heavy atom. The molecule has 4 rings (SSSR count). The van der Waals surface area contributed by atoms with Gasteiger partial charge in [0.05, 0.1) is 22.9 Å². The topological polar surface area (TPSA) is 123 Å². The number of pyridine rings is 1. The van der Waals surface area contributed by atoms with Crippen molar-refractivity contribution in [1.29, 1.82) is 0 Å². The Morgan fingerprint density at radius 1 is 1.06 bits per heavy atom. The molecule has 0 aliphatic carbocycles. The Hall–Kier alpha value is -4.30. The first kappa shape index (κ1) is 24.8. The molecule has 8 heteroatoms. The summed E-state index contributed by atoms with van der Waals surface area (Å²) in [6, 6.07) is 20.2. The normalized spacial score (nSPS) is 12.2. The van der Waals surface area contributed by atoms with Crippen LogP contribution >= 0.6 is 0 Å². The van der Waals surface area contributed by atoms with Gasteiger partial charge < -0.3 is 16.2 Å². The van der Waals surface area contributed by atoms with E-state index in [4.69, 9.17) is 5.73 Å². The third-order valence-electron chi connectivity index (χ3n) is 5.95. The lowest BCUT2D eigenvalue weighted by atomic mass is 9.90. The molecule has 36 heavy (non-hydrogen) atoms. The quantitative estimate of drug-likeness (QED) is 0.354. The maximum atomic E-state index is 12.7. The molecule has 1 atom stereocenters. The highest BCUT2D eigenvalue weighted by Gasteiger charge is 2.30. The molecule has 0 fully saturated rings. The molecule has 1 unspecified atom stereocenters. The summed E-state index contributed by atoms with van der Waals surface area (Å²) >= 11 is 0. The average Bonchev–Trinajstić information content (AvgIpc) is 3.25. The summed E-state index contributed by atoms with van der Waals surface area (Å²) in [4.78, 5) is 28.1. The lowest BCUT2D eigenvalue weighted by Crippen LogP contribution is -2.42. The summed E-state index contributed by atoms with van der Waals surface area (Å²) in [6.45, 7) is 5.21. The summed E-state index contributed by atoms with van der Waals surface area (Å²) in [5.41, 5.74) is 9.50. The van der Waals surface area contributed by atoms with Gasteiger partial charge in [-0.3, -0.25) is 14.6 Å². The van der Waals surface area contributed by atoms with Gasteiger partial charge in [0.25, 0.3) is 11.8 Å². The number of hydrogen-bond acceptors (Lipinski definition) is 5. The van der Waals surface area contributed by atoms with Gasteiger partial charge in [-0.1, -0.05) is 36.4 Å². The van der Waals surface area contributed by atoms with Crippen LogP contribution in [0.4, 0.5) is 0 Å².